The highest BCUT2D eigenvalue weighted by molar-refractivity contribution is 7.80. The van der Waals surface area contributed by atoms with Crippen molar-refractivity contribution in [2.45, 2.75) is 9.96 Å². The quantitative estimate of drug-likeness (QED) is 0.290. The van der Waals surface area contributed by atoms with Crippen molar-refractivity contribution in [2.24, 2.45) is 0 Å². The number of carbonyl (C=O) groups is 1. The summed E-state index contributed by atoms with van der Waals surface area (Å²) in [6, 6.07) is 11.5. The number of nitrogens with one attached hydrogen (secondary N) is 3. The van der Waals surface area contributed by atoms with Gasteiger partial charge >= 0.3 is 0 Å². The van der Waals surface area contributed by atoms with E-state index < -0.39 is 15.9 Å². The summed E-state index contributed by atoms with van der Waals surface area (Å²) in [5.74, 6) is 0.0119. The van der Waals surface area contributed by atoms with E-state index in [0.29, 0.717) is 27.0 Å². The summed E-state index contributed by atoms with van der Waals surface area (Å²) in [6.07, 6.45) is -1.16. The average molecular weight is 502 g/mol. The standard InChI is InChI=1S/C17H14Cl5N3O2S/c1-27-10-5-2-4-9(8-10)14(26)24-15(17(20,21)22)25-16(28)23-13-11(18)6-3-7-12(13)19/h2-8,15H,1H3,(H,24,26)(H2,23,25,28)/t15-/m1/s1. The lowest BCUT2D eigenvalue weighted by Crippen LogP contribution is -2.56. The molecule has 0 spiro atoms. The van der Waals surface area contributed by atoms with Crippen LogP contribution in [0.3, 0.4) is 0 Å². The van der Waals surface area contributed by atoms with Crippen molar-refractivity contribution >= 4 is 86.9 Å². The van der Waals surface area contributed by atoms with Gasteiger partial charge in [0.2, 0.25) is 3.79 Å². The fourth-order valence-corrected chi connectivity index (χ4v) is 3.12. The van der Waals surface area contributed by atoms with Crippen molar-refractivity contribution in [2.75, 3.05) is 12.4 Å². The van der Waals surface area contributed by atoms with E-state index in [1.54, 1.807) is 42.5 Å². The Kier molecular flexibility index (Phi) is 8.30. The van der Waals surface area contributed by atoms with Crippen LogP contribution in [0.25, 0.3) is 0 Å². The molecule has 0 saturated heterocycles. The maximum Gasteiger partial charge on any atom is 0.253 e. The molecule has 0 saturated carbocycles. The third-order valence-electron chi connectivity index (χ3n) is 3.41. The van der Waals surface area contributed by atoms with Crippen molar-refractivity contribution in [3.05, 3.63) is 58.1 Å². The molecule has 28 heavy (non-hydrogen) atoms. The maximum absolute atomic E-state index is 12.5. The van der Waals surface area contributed by atoms with Crippen molar-refractivity contribution in [3.63, 3.8) is 0 Å². The van der Waals surface area contributed by atoms with Gasteiger partial charge < -0.3 is 20.7 Å². The molecule has 5 nitrogen and oxygen atoms in total. The normalized spacial score (nSPS) is 12.1. The molecule has 0 heterocycles. The Morgan fingerprint density at radius 2 is 1.68 bits per heavy atom. The van der Waals surface area contributed by atoms with E-state index in [0.717, 1.165) is 0 Å². The first kappa shape index (κ1) is 23.1. The summed E-state index contributed by atoms with van der Waals surface area (Å²) in [6.45, 7) is 0. The highest BCUT2D eigenvalue weighted by Gasteiger charge is 2.35. The molecule has 0 fully saturated rings. The van der Waals surface area contributed by atoms with E-state index in [2.05, 4.69) is 16.0 Å². The van der Waals surface area contributed by atoms with Gasteiger partial charge in [0.05, 0.1) is 22.8 Å². The predicted molar refractivity (Wildman–Crippen MR) is 120 cm³/mol. The van der Waals surface area contributed by atoms with Crippen LogP contribution < -0.4 is 20.7 Å². The summed E-state index contributed by atoms with van der Waals surface area (Å²) >= 11 is 35.4. The molecule has 0 bridgehead atoms. The third-order valence-corrected chi connectivity index (χ3v) is 4.92. The van der Waals surface area contributed by atoms with E-state index in [-0.39, 0.29) is 5.11 Å². The first-order valence-electron chi connectivity index (χ1n) is 7.65. The molecule has 2 aromatic carbocycles. The number of thiocarbonyl (C=S) groups is 1. The van der Waals surface area contributed by atoms with Gasteiger partial charge in [0.15, 0.2) is 5.11 Å². The number of para-hydroxylation sites is 1. The minimum absolute atomic E-state index is 0.0391. The highest BCUT2D eigenvalue weighted by atomic mass is 35.6. The van der Waals surface area contributed by atoms with Gasteiger partial charge in [-0.25, -0.2) is 0 Å². The van der Waals surface area contributed by atoms with Crippen molar-refractivity contribution in [3.8, 4) is 5.75 Å². The number of halogens is 5. The molecule has 2 rings (SSSR count). The highest BCUT2D eigenvalue weighted by Crippen LogP contribution is 2.31. The predicted octanol–water partition coefficient (Wildman–Crippen LogP) is 5.41. The van der Waals surface area contributed by atoms with Crippen molar-refractivity contribution in [1.82, 2.24) is 10.6 Å². The van der Waals surface area contributed by atoms with Crippen LogP contribution in [0.5, 0.6) is 5.75 Å². The lowest BCUT2D eigenvalue weighted by atomic mass is 10.2. The van der Waals surface area contributed by atoms with Gasteiger partial charge in [0, 0.05) is 5.56 Å². The second-order valence-corrected chi connectivity index (χ2v) is 8.97. The second kappa shape index (κ2) is 10.1. The Balaban J connectivity index is 2.13. The number of benzene rings is 2. The fraction of sp³-hybridized carbons (Fsp3) is 0.176. The average Bonchev–Trinajstić information content (AvgIpc) is 2.63. The summed E-state index contributed by atoms with van der Waals surface area (Å²) in [5.41, 5.74) is 0.693. The zero-order valence-electron chi connectivity index (χ0n) is 14.2. The number of alkyl halides is 3. The Morgan fingerprint density at radius 3 is 2.25 bits per heavy atom. The van der Waals surface area contributed by atoms with Crippen LogP contribution in [-0.4, -0.2) is 28.1 Å². The van der Waals surface area contributed by atoms with Crippen LogP contribution in [0.1, 0.15) is 10.4 Å². The van der Waals surface area contributed by atoms with Crippen LogP contribution in [0.2, 0.25) is 10.0 Å². The number of hydrogen-bond donors (Lipinski definition) is 3. The van der Waals surface area contributed by atoms with Crippen molar-refractivity contribution < 1.29 is 9.53 Å². The van der Waals surface area contributed by atoms with Gasteiger partial charge in [-0.15, -0.1) is 0 Å². The zero-order chi connectivity index (χ0) is 20.9. The first-order valence-corrected chi connectivity index (χ1v) is 9.95. The molecule has 0 aromatic heterocycles. The van der Waals surface area contributed by atoms with Crippen LogP contribution in [0.4, 0.5) is 5.69 Å². The monoisotopic (exact) mass is 499 g/mol. The van der Waals surface area contributed by atoms with Gasteiger partial charge in [0.25, 0.3) is 5.91 Å². The molecular formula is C17H14Cl5N3O2S. The molecule has 1 amide bonds. The summed E-state index contributed by atoms with van der Waals surface area (Å²) in [7, 11) is 1.49. The topological polar surface area (TPSA) is 62.4 Å². The van der Waals surface area contributed by atoms with Crippen LogP contribution in [0.15, 0.2) is 42.5 Å². The van der Waals surface area contributed by atoms with Gasteiger partial charge in [-0.05, 0) is 42.5 Å². The molecule has 3 N–H and O–H groups in total. The van der Waals surface area contributed by atoms with Crippen LogP contribution in [-0.2, 0) is 0 Å². The number of hydrogen-bond acceptors (Lipinski definition) is 3. The smallest absolute Gasteiger partial charge is 0.253 e. The molecule has 2 aromatic rings. The molecule has 0 unspecified atom stereocenters. The minimum atomic E-state index is -1.91. The van der Waals surface area contributed by atoms with E-state index >= 15 is 0 Å². The first-order chi connectivity index (χ1) is 13.1. The van der Waals surface area contributed by atoms with E-state index in [1.807, 2.05) is 0 Å². The molecule has 1 atom stereocenters. The lowest BCUT2D eigenvalue weighted by molar-refractivity contribution is 0.0934. The summed E-state index contributed by atoms with van der Waals surface area (Å²) < 4.78 is 3.19. The fourth-order valence-electron chi connectivity index (χ4n) is 2.08. The molecule has 11 heteroatoms. The number of carbonyl (C=O) groups excluding carboxylic acids is 1. The minimum Gasteiger partial charge on any atom is -0.497 e. The third kappa shape index (κ3) is 6.44. The van der Waals surface area contributed by atoms with Gasteiger partial charge in [-0.2, -0.15) is 0 Å². The molecule has 0 radical (unpaired) electrons. The van der Waals surface area contributed by atoms with E-state index in [4.69, 9.17) is 75.0 Å². The maximum atomic E-state index is 12.5. The van der Waals surface area contributed by atoms with Crippen LogP contribution in [0, 0.1) is 0 Å². The van der Waals surface area contributed by atoms with Crippen molar-refractivity contribution in [1.29, 1.82) is 0 Å². The zero-order valence-corrected chi connectivity index (χ0v) is 18.8. The number of methoxy groups -OCH3 is 1. The second-order valence-electron chi connectivity index (χ2n) is 5.38. The molecule has 0 aliphatic rings. The van der Waals surface area contributed by atoms with E-state index in [1.165, 1.54) is 7.11 Å². The molecular weight excluding hydrogens is 488 g/mol. The van der Waals surface area contributed by atoms with E-state index in [9.17, 15) is 4.79 Å². The Bertz CT molecular complexity index is 856. The number of ether oxygens (including phenoxy) is 1. The number of rotatable bonds is 5. The Hall–Kier alpha value is -1.15. The Labute approximate surface area is 192 Å². The summed E-state index contributed by atoms with van der Waals surface area (Å²) in [5, 5.41) is 8.87. The molecule has 0 aliphatic carbocycles. The SMILES string of the molecule is COc1cccc(C(=O)N[C@H](NC(=S)Nc2c(Cl)cccc2Cl)C(Cl)(Cl)Cl)c1. The van der Waals surface area contributed by atoms with Gasteiger partial charge in [-0.1, -0.05) is 70.1 Å². The van der Waals surface area contributed by atoms with Gasteiger partial charge in [0.1, 0.15) is 11.9 Å². The Morgan fingerprint density at radius 1 is 1.07 bits per heavy atom. The largest absolute Gasteiger partial charge is 0.497 e. The lowest BCUT2D eigenvalue weighted by Gasteiger charge is -2.28. The van der Waals surface area contributed by atoms with Gasteiger partial charge in [-0.3, -0.25) is 4.79 Å². The van der Waals surface area contributed by atoms with Crippen LogP contribution >= 0.6 is 70.2 Å². The number of amides is 1. The molecule has 0 aliphatic heterocycles. The number of anilines is 1. The summed E-state index contributed by atoms with van der Waals surface area (Å²) in [4.78, 5) is 12.5. The molecule has 150 valence electrons.